The summed E-state index contributed by atoms with van der Waals surface area (Å²) in [4.78, 5) is 2.57. The van der Waals surface area contributed by atoms with E-state index < -0.39 is 0 Å². The molecule has 2 nitrogen and oxygen atoms in total. The molecule has 1 saturated carbocycles. The van der Waals surface area contributed by atoms with E-state index in [1.807, 2.05) is 0 Å². The number of halogens is 1. The first-order chi connectivity index (χ1) is 7.40. The highest BCUT2D eigenvalue weighted by Crippen LogP contribution is 2.25. The van der Waals surface area contributed by atoms with Gasteiger partial charge in [-0.1, -0.05) is 12.8 Å². The minimum Gasteiger partial charge on any atom is -0.377 e. The zero-order valence-corrected chi connectivity index (χ0v) is 10.2. The van der Waals surface area contributed by atoms with Crippen molar-refractivity contribution in [3.05, 3.63) is 0 Å². The summed E-state index contributed by atoms with van der Waals surface area (Å²) in [6.07, 6.45) is 8.49. The van der Waals surface area contributed by atoms with Gasteiger partial charge in [-0.2, -0.15) is 0 Å². The van der Waals surface area contributed by atoms with Crippen LogP contribution in [0.4, 0.5) is 0 Å². The number of hydrogen-bond acceptors (Lipinski definition) is 2. The lowest BCUT2D eigenvalue weighted by Crippen LogP contribution is -2.40. The van der Waals surface area contributed by atoms with Gasteiger partial charge in [-0.25, -0.2) is 0 Å². The normalized spacial score (nSPS) is 28.0. The van der Waals surface area contributed by atoms with Crippen LogP contribution in [0, 0.1) is 0 Å². The van der Waals surface area contributed by atoms with Gasteiger partial charge in [0.15, 0.2) is 0 Å². The Morgan fingerprint density at radius 2 is 1.93 bits per heavy atom. The van der Waals surface area contributed by atoms with Gasteiger partial charge in [0.05, 0.1) is 6.10 Å². The van der Waals surface area contributed by atoms with Crippen LogP contribution in [0.15, 0.2) is 0 Å². The molecule has 1 heterocycles. The molecule has 1 unspecified atom stereocenters. The second kappa shape index (κ2) is 6.07. The highest BCUT2D eigenvalue weighted by atomic mass is 35.5. The summed E-state index contributed by atoms with van der Waals surface area (Å²) in [5.41, 5.74) is 0. The third-order valence-corrected chi connectivity index (χ3v) is 3.84. The maximum Gasteiger partial charge on any atom is 0.0702 e. The number of ether oxygens (including phenoxy) is 1. The van der Waals surface area contributed by atoms with Gasteiger partial charge in [-0.05, 0) is 25.7 Å². The maximum atomic E-state index is 5.88. The van der Waals surface area contributed by atoms with Crippen LogP contribution < -0.4 is 0 Å². The summed E-state index contributed by atoms with van der Waals surface area (Å²) in [6, 6.07) is 0.785. The Hall–Kier alpha value is 0.210. The zero-order valence-electron chi connectivity index (χ0n) is 9.46. The van der Waals surface area contributed by atoms with Gasteiger partial charge in [0.25, 0.3) is 0 Å². The summed E-state index contributed by atoms with van der Waals surface area (Å²) in [7, 11) is 0. The van der Waals surface area contributed by atoms with Crippen molar-refractivity contribution >= 4 is 11.6 Å². The van der Waals surface area contributed by atoms with Crippen molar-refractivity contribution in [2.24, 2.45) is 0 Å². The fourth-order valence-electron chi connectivity index (χ4n) is 2.85. The zero-order chi connectivity index (χ0) is 10.5. The second-order valence-corrected chi connectivity index (χ2v) is 5.14. The van der Waals surface area contributed by atoms with Crippen LogP contribution in [0.2, 0.25) is 0 Å². The Morgan fingerprint density at radius 3 is 2.53 bits per heavy atom. The molecule has 1 atom stereocenters. The lowest BCUT2D eigenvalue weighted by atomic mass is 10.1. The van der Waals surface area contributed by atoms with Crippen LogP contribution in [-0.4, -0.2) is 42.6 Å². The monoisotopic (exact) mass is 231 g/mol. The molecule has 1 aliphatic carbocycles. The standard InChI is InChI=1S/C12H22ClNO/c13-7-8-14(11-4-1-2-5-11)10-12-6-3-9-15-12/h11-12H,1-10H2. The molecule has 0 spiro atoms. The Kier molecular flexibility index (Phi) is 4.73. The molecule has 2 fully saturated rings. The molecular formula is C12H22ClNO. The van der Waals surface area contributed by atoms with E-state index in [0.717, 1.165) is 31.6 Å². The number of alkyl halides is 1. The highest BCUT2D eigenvalue weighted by molar-refractivity contribution is 6.18. The summed E-state index contributed by atoms with van der Waals surface area (Å²) in [5, 5.41) is 0. The van der Waals surface area contributed by atoms with Gasteiger partial charge in [-0.15, -0.1) is 11.6 Å². The summed E-state index contributed by atoms with van der Waals surface area (Å²) >= 11 is 5.88. The fourth-order valence-corrected chi connectivity index (χ4v) is 3.07. The molecule has 0 aromatic carbocycles. The first-order valence-corrected chi connectivity index (χ1v) is 6.85. The number of hydrogen-bond donors (Lipinski definition) is 0. The third-order valence-electron chi connectivity index (χ3n) is 3.67. The molecular weight excluding hydrogens is 210 g/mol. The Morgan fingerprint density at radius 1 is 1.13 bits per heavy atom. The van der Waals surface area contributed by atoms with E-state index in [2.05, 4.69) is 4.90 Å². The van der Waals surface area contributed by atoms with E-state index in [9.17, 15) is 0 Å². The summed E-state index contributed by atoms with van der Waals surface area (Å²) < 4.78 is 5.70. The molecule has 2 rings (SSSR count). The van der Waals surface area contributed by atoms with Crippen molar-refractivity contribution in [1.29, 1.82) is 0 Å². The molecule has 2 aliphatic rings. The van der Waals surface area contributed by atoms with Crippen LogP contribution in [0.3, 0.4) is 0 Å². The quantitative estimate of drug-likeness (QED) is 0.675. The Labute approximate surface area is 97.9 Å². The average Bonchev–Trinajstić information content (AvgIpc) is 2.89. The summed E-state index contributed by atoms with van der Waals surface area (Å²) in [5.74, 6) is 0.753. The topological polar surface area (TPSA) is 12.5 Å². The van der Waals surface area contributed by atoms with E-state index in [4.69, 9.17) is 16.3 Å². The molecule has 1 aliphatic heterocycles. The molecule has 1 saturated heterocycles. The molecule has 0 bridgehead atoms. The lowest BCUT2D eigenvalue weighted by molar-refractivity contribution is 0.0604. The number of nitrogens with zero attached hydrogens (tertiary/aromatic N) is 1. The van der Waals surface area contributed by atoms with Crippen molar-refractivity contribution in [2.45, 2.75) is 50.7 Å². The van der Waals surface area contributed by atoms with Crippen LogP contribution in [0.5, 0.6) is 0 Å². The van der Waals surface area contributed by atoms with Gasteiger partial charge in [0, 0.05) is 31.6 Å². The largest absolute Gasteiger partial charge is 0.377 e. The van der Waals surface area contributed by atoms with Gasteiger partial charge >= 0.3 is 0 Å². The fraction of sp³-hybridized carbons (Fsp3) is 1.00. The smallest absolute Gasteiger partial charge is 0.0702 e. The van der Waals surface area contributed by atoms with Crippen molar-refractivity contribution in [3.63, 3.8) is 0 Å². The molecule has 15 heavy (non-hydrogen) atoms. The van der Waals surface area contributed by atoms with E-state index in [-0.39, 0.29) is 0 Å². The lowest BCUT2D eigenvalue weighted by Gasteiger charge is -2.30. The van der Waals surface area contributed by atoms with Gasteiger partial charge in [-0.3, -0.25) is 4.90 Å². The second-order valence-electron chi connectivity index (χ2n) is 4.76. The maximum absolute atomic E-state index is 5.88. The van der Waals surface area contributed by atoms with Crippen molar-refractivity contribution in [3.8, 4) is 0 Å². The highest BCUT2D eigenvalue weighted by Gasteiger charge is 2.26. The van der Waals surface area contributed by atoms with Gasteiger partial charge in [0.1, 0.15) is 0 Å². The molecule has 0 N–H and O–H groups in total. The van der Waals surface area contributed by atoms with Crippen molar-refractivity contribution < 1.29 is 4.74 Å². The van der Waals surface area contributed by atoms with E-state index in [1.165, 1.54) is 38.5 Å². The van der Waals surface area contributed by atoms with Crippen molar-refractivity contribution in [2.75, 3.05) is 25.6 Å². The van der Waals surface area contributed by atoms with E-state index in [0.29, 0.717) is 6.10 Å². The molecule has 0 radical (unpaired) electrons. The first-order valence-electron chi connectivity index (χ1n) is 6.32. The number of rotatable bonds is 5. The summed E-state index contributed by atoms with van der Waals surface area (Å²) in [6.45, 7) is 3.10. The van der Waals surface area contributed by atoms with E-state index >= 15 is 0 Å². The molecule has 0 amide bonds. The Bertz CT molecular complexity index is 176. The van der Waals surface area contributed by atoms with Crippen LogP contribution >= 0.6 is 11.6 Å². The molecule has 0 aromatic heterocycles. The SMILES string of the molecule is ClCCN(CC1CCCO1)C1CCCC1. The minimum atomic E-state index is 0.480. The van der Waals surface area contributed by atoms with Gasteiger partial charge in [0.2, 0.25) is 0 Å². The predicted molar refractivity (Wildman–Crippen MR) is 63.5 cm³/mol. The third kappa shape index (κ3) is 3.33. The van der Waals surface area contributed by atoms with Crippen LogP contribution in [0.1, 0.15) is 38.5 Å². The average molecular weight is 232 g/mol. The molecule has 88 valence electrons. The van der Waals surface area contributed by atoms with Crippen molar-refractivity contribution in [1.82, 2.24) is 4.90 Å². The minimum absolute atomic E-state index is 0.480. The predicted octanol–water partition coefficient (Wildman–Crippen LogP) is 2.65. The van der Waals surface area contributed by atoms with E-state index in [1.54, 1.807) is 0 Å². The molecule has 3 heteroatoms. The Balaban J connectivity index is 1.81. The van der Waals surface area contributed by atoms with Crippen LogP contribution in [-0.2, 0) is 4.74 Å². The molecule has 0 aromatic rings. The van der Waals surface area contributed by atoms with Crippen LogP contribution in [0.25, 0.3) is 0 Å². The first kappa shape index (κ1) is 11.7. The van der Waals surface area contributed by atoms with Gasteiger partial charge < -0.3 is 4.74 Å².